The fourth-order valence-corrected chi connectivity index (χ4v) is 4.58. The summed E-state index contributed by atoms with van der Waals surface area (Å²) in [6.45, 7) is 6.75. The number of benzene rings is 3. The number of carboxylic acid groups (broad SMARTS) is 1. The molecule has 0 aliphatic heterocycles. The fraction of sp³-hybridized carbons (Fsp3) is 0.296. The minimum Gasteiger partial charge on any atom is -0.478 e. The van der Waals surface area contributed by atoms with Crippen LogP contribution in [0.1, 0.15) is 48.4 Å². The molecule has 0 bridgehead atoms. The van der Waals surface area contributed by atoms with Crippen LogP contribution in [0, 0.1) is 0 Å². The van der Waals surface area contributed by atoms with Crippen LogP contribution in [0.25, 0.3) is 11.1 Å². The Hall–Kier alpha value is -2.31. The van der Waals surface area contributed by atoms with E-state index < -0.39 is 12.1 Å². The number of carbonyl (C=O) groups is 1. The minimum absolute atomic E-state index is 0. The molecule has 3 N–H and O–H groups in total. The number of rotatable bonds is 10. The minimum atomic E-state index is -0.895. The highest BCUT2D eigenvalue weighted by molar-refractivity contribution is 8.00. The first-order valence-corrected chi connectivity index (χ1v) is 11.8. The Morgan fingerprint density at radius 3 is 2.18 bits per heavy atom. The van der Waals surface area contributed by atoms with E-state index in [0.717, 1.165) is 28.0 Å². The molecule has 3 aromatic rings. The molecule has 3 rings (SSSR count). The Kier molecular flexibility index (Phi) is 10.5. The zero-order valence-corrected chi connectivity index (χ0v) is 20.8. The number of aromatic carboxylic acids is 1. The summed E-state index contributed by atoms with van der Waals surface area (Å²) in [6.07, 6.45) is 0.335. The van der Waals surface area contributed by atoms with Crippen molar-refractivity contribution in [2.24, 2.45) is 0 Å². The quantitative estimate of drug-likeness (QED) is 0.297. The molecular formula is C27H32ClNO3S. The van der Waals surface area contributed by atoms with Gasteiger partial charge in [0.2, 0.25) is 0 Å². The van der Waals surface area contributed by atoms with Crippen molar-refractivity contribution < 1.29 is 15.0 Å². The highest BCUT2D eigenvalue weighted by Gasteiger charge is 2.14. The second-order valence-electron chi connectivity index (χ2n) is 8.32. The first-order chi connectivity index (χ1) is 15.3. The first-order valence-electron chi connectivity index (χ1n) is 10.9. The van der Waals surface area contributed by atoms with Crippen molar-refractivity contribution in [1.29, 1.82) is 0 Å². The van der Waals surface area contributed by atoms with E-state index in [2.05, 4.69) is 50.4 Å². The van der Waals surface area contributed by atoms with Crippen molar-refractivity contribution in [2.75, 3.05) is 6.54 Å². The average Bonchev–Trinajstić information content (AvgIpc) is 2.78. The standard InChI is InChI=1S/C27H31NO3S.ClH/c1-18(2)32-26-16-23(13-14-24(26)27(30)31)21-11-9-20(10-12-21)15-19(3)28-17-25(29)22-7-5-4-6-8-22;/h4-14,16,18-19,25,28-29H,15,17H2,1-3H3,(H,30,31);1H/t19-,25-;/m1./s1. The Balaban J connectivity index is 0.00000385. The van der Waals surface area contributed by atoms with Crippen LogP contribution in [0.3, 0.4) is 0 Å². The highest BCUT2D eigenvalue weighted by Crippen LogP contribution is 2.31. The van der Waals surface area contributed by atoms with E-state index in [-0.39, 0.29) is 18.4 Å². The van der Waals surface area contributed by atoms with Gasteiger partial charge in [0.1, 0.15) is 0 Å². The maximum atomic E-state index is 11.5. The van der Waals surface area contributed by atoms with Gasteiger partial charge in [0.05, 0.1) is 11.7 Å². The van der Waals surface area contributed by atoms with Crippen LogP contribution in [-0.4, -0.2) is 34.0 Å². The molecule has 0 saturated carbocycles. The van der Waals surface area contributed by atoms with Gasteiger partial charge in [0, 0.05) is 22.7 Å². The van der Waals surface area contributed by atoms with Crippen LogP contribution in [-0.2, 0) is 6.42 Å². The third-order valence-corrected chi connectivity index (χ3v) is 6.31. The van der Waals surface area contributed by atoms with Gasteiger partial charge < -0.3 is 15.5 Å². The van der Waals surface area contributed by atoms with Crippen LogP contribution in [0.4, 0.5) is 0 Å². The Bertz CT molecular complexity index is 1030. The van der Waals surface area contributed by atoms with E-state index >= 15 is 0 Å². The number of halogens is 1. The average molecular weight is 486 g/mol. The van der Waals surface area contributed by atoms with Crippen molar-refractivity contribution in [2.45, 2.75) is 49.5 Å². The van der Waals surface area contributed by atoms with Gasteiger partial charge in [-0.1, -0.05) is 74.5 Å². The van der Waals surface area contributed by atoms with Crippen molar-refractivity contribution in [3.05, 3.63) is 89.5 Å². The summed E-state index contributed by atoms with van der Waals surface area (Å²) >= 11 is 1.57. The molecule has 0 aliphatic rings. The Labute approximate surface area is 206 Å². The summed E-state index contributed by atoms with van der Waals surface area (Å²) < 4.78 is 0. The van der Waals surface area contributed by atoms with Crippen molar-refractivity contribution in [1.82, 2.24) is 5.32 Å². The normalized spacial score (nSPS) is 12.8. The number of hydrogen-bond acceptors (Lipinski definition) is 4. The number of aliphatic hydroxyl groups is 1. The predicted molar refractivity (Wildman–Crippen MR) is 140 cm³/mol. The highest BCUT2D eigenvalue weighted by atomic mass is 35.5. The van der Waals surface area contributed by atoms with Gasteiger partial charge in [0.15, 0.2) is 0 Å². The third-order valence-electron chi connectivity index (χ3n) is 5.25. The summed E-state index contributed by atoms with van der Waals surface area (Å²) in [4.78, 5) is 12.3. The lowest BCUT2D eigenvalue weighted by molar-refractivity contribution is 0.0693. The summed E-state index contributed by atoms with van der Waals surface area (Å²) in [5, 5.41) is 23.5. The predicted octanol–water partition coefficient (Wildman–Crippen LogP) is 6.23. The molecule has 0 spiro atoms. The van der Waals surface area contributed by atoms with Gasteiger partial charge in [0.25, 0.3) is 0 Å². The number of hydrogen-bond donors (Lipinski definition) is 3. The van der Waals surface area contributed by atoms with E-state index in [1.54, 1.807) is 17.8 Å². The first kappa shape index (κ1) is 26.9. The van der Waals surface area contributed by atoms with Crippen LogP contribution >= 0.6 is 24.2 Å². The monoisotopic (exact) mass is 485 g/mol. The van der Waals surface area contributed by atoms with E-state index in [9.17, 15) is 15.0 Å². The largest absolute Gasteiger partial charge is 0.478 e. The van der Waals surface area contributed by atoms with E-state index in [1.165, 1.54) is 5.56 Å². The second kappa shape index (κ2) is 12.8. The van der Waals surface area contributed by atoms with Gasteiger partial charge >= 0.3 is 5.97 Å². The van der Waals surface area contributed by atoms with Gasteiger partial charge in [-0.2, -0.15) is 0 Å². The van der Waals surface area contributed by atoms with E-state index in [1.807, 2.05) is 42.5 Å². The number of thioether (sulfide) groups is 1. The van der Waals surface area contributed by atoms with Gasteiger partial charge in [-0.3, -0.25) is 0 Å². The molecule has 0 saturated heterocycles. The molecular weight excluding hydrogens is 454 g/mol. The Morgan fingerprint density at radius 1 is 0.939 bits per heavy atom. The molecule has 0 fully saturated rings. The molecule has 0 heterocycles. The summed E-state index contributed by atoms with van der Waals surface area (Å²) in [7, 11) is 0. The lowest BCUT2D eigenvalue weighted by Crippen LogP contribution is -2.32. The zero-order valence-electron chi connectivity index (χ0n) is 19.2. The van der Waals surface area contributed by atoms with Crippen LogP contribution in [0.2, 0.25) is 0 Å². The molecule has 176 valence electrons. The lowest BCUT2D eigenvalue weighted by Gasteiger charge is -2.18. The maximum absolute atomic E-state index is 11.5. The van der Waals surface area contributed by atoms with Crippen LogP contribution in [0.5, 0.6) is 0 Å². The number of carboxylic acids is 1. The number of aliphatic hydroxyl groups excluding tert-OH is 1. The Morgan fingerprint density at radius 2 is 1.58 bits per heavy atom. The SMILES string of the molecule is CC(C)Sc1cc(-c2ccc(C[C@@H](C)NC[C@@H](O)c3ccccc3)cc2)ccc1C(=O)O.Cl. The molecule has 33 heavy (non-hydrogen) atoms. The molecule has 0 amide bonds. The fourth-order valence-electron chi connectivity index (χ4n) is 3.59. The van der Waals surface area contributed by atoms with Gasteiger partial charge in [-0.25, -0.2) is 4.79 Å². The number of nitrogens with one attached hydrogen (secondary N) is 1. The van der Waals surface area contributed by atoms with Gasteiger partial charge in [-0.15, -0.1) is 24.2 Å². The molecule has 0 unspecified atom stereocenters. The molecule has 6 heteroatoms. The summed E-state index contributed by atoms with van der Waals surface area (Å²) in [6, 6.07) is 23.8. The molecule has 0 radical (unpaired) electrons. The summed E-state index contributed by atoms with van der Waals surface area (Å²) in [5.74, 6) is -0.895. The van der Waals surface area contributed by atoms with Crippen LogP contribution in [0.15, 0.2) is 77.7 Å². The smallest absolute Gasteiger partial charge is 0.336 e. The lowest BCUT2D eigenvalue weighted by atomic mass is 10.00. The third kappa shape index (κ3) is 7.90. The van der Waals surface area contributed by atoms with Crippen LogP contribution < -0.4 is 5.32 Å². The van der Waals surface area contributed by atoms with Crippen molar-refractivity contribution in [3.8, 4) is 11.1 Å². The second-order valence-corrected chi connectivity index (χ2v) is 9.94. The maximum Gasteiger partial charge on any atom is 0.336 e. The zero-order chi connectivity index (χ0) is 23.1. The molecule has 2 atom stereocenters. The van der Waals surface area contributed by atoms with E-state index in [4.69, 9.17) is 0 Å². The van der Waals surface area contributed by atoms with Crippen molar-refractivity contribution >= 4 is 30.1 Å². The molecule has 3 aromatic carbocycles. The topological polar surface area (TPSA) is 69.6 Å². The molecule has 0 aliphatic carbocycles. The van der Waals surface area contributed by atoms with Gasteiger partial charge in [-0.05, 0) is 47.7 Å². The van der Waals surface area contributed by atoms with Crippen molar-refractivity contribution in [3.63, 3.8) is 0 Å². The molecule has 0 aromatic heterocycles. The summed E-state index contributed by atoms with van der Waals surface area (Å²) in [5.41, 5.74) is 4.56. The van der Waals surface area contributed by atoms with E-state index in [0.29, 0.717) is 17.4 Å². The molecule has 4 nitrogen and oxygen atoms in total.